The predicted octanol–water partition coefficient (Wildman–Crippen LogP) is 2.17. The molecule has 0 aliphatic carbocycles. The summed E-state index contributed by atoms with van der Waals surface area (Å²) in [4.78, 5) is 10.7. The van der Waals surface area contributed by atoms with Crippen molar-refractivity contribution in [2.45, 2.75) is 20.4 Å². The van der Waals surface area contributed by atoms with E-state index in [2.05, 4.69) is 5.10 Å². The standard InChI is InChI=1S/C11H12N2O3/c1-3-13-7(2)6-8(12-13)9-4-5-10(16-9)11(14)15/h4-6H,3H2,1-2H3,(H,14,15). The number of carboxylic acid groups (broad SMARTS) is 1. The van der Waals surface area contributed by atoms with Gasteiger partial charge in [0.15, 0.2) is 5.76 Å². The van der Waals surface area contributed by atoms with Crippen LogP contribution in [-0.4, -0.2) is 20.9 Å². The Balaban J connectivity index is 2.38. The summed E-state index contributed by atoms with van der Waals surface area (Å²) in [6, 6.07) is 4.91. The van der Waals surface area contributed by atoms with E-state index in [1.165, 1.54) is 6.07 Å². The topological polar surface area (TPSA) is 68.3 Å². The van der Waals surface area contributed by atoms with Crippen molar-refractivity contribution in [2.75, 3.05) is 0 Å². The maximum absolute atomic E-state index is 10.7. The van der Waals surface area contributed by atoms with Crippen LogP contribution in [0, 0.1) is 6.92 Å². The van der Waals surface area contributed by atoms with Gasteiger partial charge in [0.25, 0.3) is 0 Å². The second-order valence-corrected chi connectivity index (χ2v) is 3.46. The van der Waals surface area contributed by atoms with E-state index in [0.29, 0.717) is 11.5 Å². The molecule has 0 saturated carbocycles. The van der Waals surface area contributed by atoms with Gasteiger partial charge in [-0.25, -0.2) is 4.79 Å². The van der Waals surface area contributed by atoms with E-state index < -0.39 is 5.97 Å². The quantitative estimate of drug-likeness (QED) is 0.860. The summed E-state index contributed by atoms with van der Waals surface area (Å²) in [6.45, 7) is 4.72. The van der Waals surface area contributed by atoms with Gasteiger partial charge in [-0.05, 0) is 32.0 Å². The molecule has 0 spiro atoms. The molecular formula is C11H12N2O3. The molecule has 2 heterocycles. The Labute approximate surface area is 92.3 Å². The molecule has 0 atom stereocenters. The Bertz CT molecular complexity index is 525. The largest absolute Gasteiger partial charge is 0.475 e. The van der Waals surface area contributed by atoms with Gasteiger partial charge in [0.2, 0.25) is 5.76 Å². The SMILES string of the molecule is CCn1nc(-c2ccc(C(=O)O)o2)cc1C. The first-order chi connectivity index (χ1) is 7.61. The van der Waals surface area contributed by atoms with Crippen LogP contribution in [0.25, 0.3) is 11.5 Å². The van der Waals surface area contributed by atoms with E-state index in [4.69, 9.17) is 9.52 Å². The smallest absolute Gasteiger partial charge is 0.371 e. The lowest BCUT2D eigenvalue weighted by Gasteiger charge is -1.95. The van der Waals surface area contributed by atoms with E-state index in [1.54, 1.807) is 6.07 Å². The summed E-state index contributed by atoms with van der Waals surface area (Å²) in [5, 5.41) is 13.0. The molecule has 0 fully saturated rings. The molecule has 0 radical (unpaired) electrons. The van der Waals surface area contributed by atoms with Crippen molar-refractivity contribution in [2.24, 2.45) is 0 Å². The number of carboxylic acids is 1. The third-order valence-electron chi connectivity index (χ3n) is 2.35. The molecular weight excluding hydrogens is 208 g/mol. The number of aromatic nitrogens is 2. The average Bonchev–Trinajstić information content (AvgIpc) is 2.83. The molecule has 0 bridgehead atoms. The second-order valence-electron chi connectivity index (χ2n) is 3.46. The Morgan fingerprint density at radius 3 is 2.81 bits per heavy atom. The van der Waals surface area contributed by atoms with Gasteiger partial charge < -0.3 is 9.52 Å². The molecule has 0 amide bonds. The molecule has 2 aromatic heterocycles. The Kier molecular flexibility index (Phi) is 2.52. The first-order valence-corrected chi connectivity index (χ1v) is 4.99. The number of aryl methyl sites for hydroxylation is 2. The molecule has 0 aromatic carbocycles. The van der Waals surface area contributed by atoms with Crippen LogP contribution in [0.1, 0.15) is 23.2 Å². The monoisotopic (exact) mass is 220 g/mol. The molecule has 2 aromatic rings. The van der Waals surface area contributed by atoms with Gasteiger partial charge in [-0.3, -0.25) is 4.68 Å². The van der Waals surface area contributed by atoms with Crippen molar-refractivity contribution in [1.29, 1.82) is 0 Å². The third-order valence-corrected chi connectivity index (χ3v) is 2.35. The van der Waals surface area contributed by atoms with Crippen LogP contribution in [0.3, 0.4) is 0 Å². The highest BCUT2D eigenvalue weighted by Crippen LogP contribution is 2.21. The van der Waals surface area contributed by atoms with Gasteiger partial charge >= 0.3 is 5.97 Å². The van der Waals surface area contributed by atoms with Crippen LogP contribution < -0.4 is 0 Å². The van der Waals surface area contributed by atoms with Crippen LogP contribution in [0.5, 0.6) is 0 Å². The first kappa shape index (κ1) is 10.5. The summed E-state index contributed by atoms with van der Waals surface area (Å²) in [5.74, 6) is -0.663. The van der Waals surface area contributed by atoms with Gasteiger partial charge in [-0.15, -0.1) is 0 Å². The van der Waals surface area contributed by atoms with Gasteiger partial charge in [-0.1, -0.05) is 0 Å². The van der Waals surface area contributed by atoms with Crippen molar-refractivity contribution >= 4 is 5.97 Å². The first-order valence-electron chi connectivity index (χ1n) is 4.99. The van der Waals surface area contributed by atoms with E-state index in [1.807, 2.05) is 24.6 Å². The fraction of sp³-hybridized carbons (Fsp3) is 0.273. The van der Waals surface area contributed by atoms with E-state index >= 15 is 0 Å². The summed E-state index contributed by atoms with van der Waals surface area (Å²) in [5.41, 5.74) is 1.68. The normalized spacial score (nSPS) is 10.6. The van der Waals surface area contributed by atoms with Crippen LogP contribution in [0.2, 0.25) is 0 Å². The minimum absolute atomic E-state index is 0.0706. The predicted molar refractivity (Wildman–Crippen MR) is 57.3 cm³/mol. The minimum atomic E-state index is -1.07. The van der Waals surface area contributed by atoms with E-state index in [9.17, 15) is 4.79 Å². The number of nitrogens with zero attached hydrogens (tertiary/aromatic N) is 2. The lowest BCUT2D eigenvalue weighted by atomic mass is 10.3. The van der Waals surface area contributed by atoms with Gasteiger partial charge in [-0.2, -0.15) is 5.10 Å². The molecule has 0 aliphatic rings. The number of rotatable bonds is 3. The summed E-state index contributed by atoms with van der Waals surface area (Å²) < 4.78 is 7.00. The van der Waals surface area contributed by atoms with Crippen molar-refractivity contribution in [1.82, 2.24) is 9.78 Å². The number of aromatic carboxylic acids is 1. The van der Waals surface area contributed by atoms with E-state index in [0.717, 1.165) is 12.2 Å². The molecule has 0 unspecified atom stereocenters. The molecule has 1 N–H and O–H groups in total. The maximum Gasteiger partial charge on any atom is 0.371 e. The van der Waals surface area contributed by atoms with Crippen LogP contribution >= 0.6 is 0 Å². The average molecular weight is 220 g/mol. The van der Waals surface area contributed by atoms with Gasteiger partial charge in [0.05, 0.1) is 0 Å². The molecule has 2 rings (SSSR count). The van der Waals surface area contributed by atoms with Crippen molar-refractivity contribution in [3.63, 3.8) is 0 Å². The Hall–Kier alpha value is -2.04. The van der Waals surface area contributed by atoms with Crippen molar-refractivity contribution in [3.05, 3.63) is 29.7 Å². The maximum atomic E-state index is 10.7. The highest BCUT2D eigenvalue weighted by molar-refractivity contribution is 5.85. The fourth-order valence-electron chi connectivity index (χ4n) is 1.54. The van der Waals surface area contributed by atoms with Crippen LogP contribution in [0.4, 0.5) is 0 Å². The lowest BCUT2D eigenvalue weighted by molar-refractivity contribution is 0.0663. The molecule has 0 aliphatic heterocycles. The third kappa shape index (κ3) is 1.71. The number of hydrogen-bond acceptors (Lipinski definition) is 3. The van der Waals surface area contributed by atoms with Crippen LogP contribution in [0.15, 0.2) is 22.6 Å². The number of furan rings is 1. The molecule has 5 heteroatoms. The Morgan fingerprint density at radius 1 is 1.56 bits per heavy atom. The number of hydrogen-bond donors (Lipinski definition) is 1. The zero-order chi connectivity index (χ0) is 11.7. The second kappa shape index (κ2) is 3.84. The highest BCUT2D eigenvalue weighted by Gasteiger charge is 2.13. The van der Waals surface area contributed by atoms with Gasteiger partial charge in [0, 0.05) is 12.2 Å². The fourth-order valence-corrected chi connectivity index (χ4v) is 1.54. The van der Waals surface area contributed by atoms with Crippen molar-refractivity contribution < 1.29 is 14.3 Å². The van der Waals surface area contributed by atoms with Crippen LogP contribution in [-0.2, 0) is 6.54 Å². The zero-order valence-electron chi connectivity index (χ0n) is 9.10. The number of carbonyl (C=O) groups is 1. The van der Waals surface area contributed by atoms with Gasteiger partial charge in [0.1, 0.15) is 5.69 Å². The minimum Gasteiger partial charge on any atom is -0.475 e. The van der Waals surface area contributed by atoms with Crippen molar-refractivity contribution in [3.8, 4) is 11.5 Å². The molecule has 16 heavy (non-hydrogen) atoms. The highest BCUT2D eigenvalue weighted by atomic mass is 16.4. The summed E-state index contributed by atoms with van der Waals surface area (Å²) >= 11 is 0. The summed E-state index contributed by atoms with van der Waals surface area (Å²) in [7, 11) is 0. The molecule has 5 nitrogen and oxygen atoms in total. The molecule has 0 saturated heterocycles. The summed E-state index contributed by atoms with van der Waals surface area (Å²) in [6.07, 6.45) is 0. The molecule has 84 valence electrons. The van der Waals surface area contributed by atoms with E-state index in [-0.39, 0.29) is 5.76 Å². The zero-order valence-corrected chi connectivity index (χ0v) is 9.10. The Morgan fingerprint density at radius 2 is 2.31 bits per heavy atom. The lowest BCUT2D eigenvalue weighted by Crippen LogP contribution is -1.98.